The molecule has 1 aromatic rings. The van der Waals surface area contributed by atoms with Crippen molar-refractivity contribution < 1.29 is 23.1 Å². The first-order valence-corrected chi connectivity index (χ1v) is 3.54. The molecule has 1 heterocycles. The van der Waals surface area contributed by atoms with E-state index in [0.717, 1.165) is 6.26 Å². The van der Waals surface area contributed by atoms with Gasteiger partial charge in [0.15, 0.2) is 0 Å². The summed E-state index contributed by atoms with van der Waals surface area (Å²) in [6, 6.07) is 0. The van der Waals surface area contributed by atoms with Gasteiger partial charge >= 0.3 is 12.4 Å². The molecule has 0 aliphatic carbocycles. The van der Waals surface area contributed by atoms with E-state index in [1.807, 2.05) is 0 Å². The minimum atomic E-state index is -2.75. The highest BCUT2D eigenvalue weighted by Crippen LogP contribution is 2.17. The van der Waals surface area contributed by atoms with Crippen molar-refractivity contribution in [1.29, 1.82) is 0 Å². The summed E-state index contributed by atoms with van der Waals surface area (Å²) in [5, 5.41) is 8.28. The fraction of sp³-hybridized carbons (Fsp3) is 0.429. The van der Waals surface area contributed by atoms with Gasteiger partial charge in [-0.3, -0.25) is 4.79 Å². The highest BCUT2D eigenvalue weighted by Gasteiger charge is 2.14. The maximum absolute atomic E-state index is 11.9. The van der Waals surface area contributed by atoms with Gasteiger partial charge in [-0.05, 0) is 0 Å². The van der Waals surface area contributed by atoms with E-state index in [1.165, 1.54) is 0 Å². The topological polar surface area (TPSA) is 63.3 Å². The van der Waals surface area contributed by atoms with Crippen molar-refractivity contribution in [2.24, 2.45) is 0 Å². The van der Waals surface area contributed by atoms with Crippen LogP contribution >= 0.6 is 0 Å². The number of nitrogens with zero attached hydrogens (tertiary/aromatic N) is 1. The second kappa shape index (κ2) is 3.97. The number of rotatable bonds is 4. The average Bonchev–Trinajstić information content (AvgIpc) is 2.48. The zero-order chi connectivity index (χ0) is 9.84. The molecule has 0 spiro atoms. The smallest absolute Gasteiger partial charge is 0.313 e. The monoisotopic (exact) mass is 191 g/mol. The highest BCUT2D eigenvalue weighted by atomic mass is 19.3. The third kappa shape index (κ3) is 2.81. The Balaban J connectivity index is 2.54. The molecule has 4 nitrogen and oxygen atoms in total. The van der Waals surface area contributed by atoms with Crippen LogP contribution in [0.25, 0.3) is 0 Å². The van der Waals surface area contributed by atoms with Gasteiger partial charge in [0.2, 0.25) is 0 Å². The lowest BCUT2D eigenvalue weighted by Crippen LogP contribution is -1.97. The number of carboxylic acids is 1. The molecular formula is C7H7F2NO3. The summed E-state index contributed by atoms with van der Waals surface area (Å²) in [6.45, 7) is 0. The number of aliphatic carboxylic acids is 1. The maximum atomic E-state index is 11.9. The van der Waals surface area contributed by atoms with Crippen LogP contribution in [0.4, 0.5) is 8.78 Å². The molecule has 0 aliphatic heterocycles. The molecule has 0 radical (unpaired) electrons. The summed E-state index contributed by atoms with van der Waals surface area (Å²) >= 11 is 0. The summed E-state index contributed by atoms with van der Waals surface area (Å²) in [7, 11) is 0. The third-order valence-corrected chi connectivity index (χ3v) is 1.35. The van der Waals surface area contributed by atoms with Crippen molar-refractivity contribution in [2.75, 3.05) is 0 Å². The zero-order valence-electron chi connectivity index (χ0n) is 6.54. The van der Waals surface area contributed by atoms with E-state index >= 15 is 0 Å². The van der Waals surface area contributed by atoms with Crippen LogP contribution in [0.2, 0.25) is 0 Å². The normalized spacial score (nSPS) is 10.7. The van der Waals surface area contributed by atoms with Crippen LogP contribution < -0.4 is 0 Å². The van der Waals surface area contributed by atoms with Crippen molar-refractivity contribution in [1.82, 2.24) is 4.98 Å². The Morgan fingerprint density at radius 2 is 2.38 bits per heavy atom. The summed E-state index contributed by atoms with van der Waals surface area (Å²) in [6.07, 6.45) is -1.75. The molecule has 0 amide bonds. The second-order valence-corrected chi connectivity index (χ2v) is 2.37. The fourth-order valence-electron chi connectivity index (χ4n) is 0.773. The first-order valence-electron chi connectivity index (χ1n) is 3.54. The Kier molecular flexibility index (Phi) is 2.94. The zero-order valence-corrected chi connectivity index (χ0v) is 6.54. The molecular weight excluding hydrogens is 184 g/mol. The second-order valence-electron chi connectivity index (χ2n) is 2.37. The van der Waals surface area contributed by atoms with Crippen molar-refractivity contribution in [3.63, 3.8) is 0 Å². The minimum Gasteiger partial charge on any atom is -0.481 e. The number of alkyl halides is 2. The Bertz CT molecular complexity index is 298. The number of aromatic nitrogens is 1. The molecule has 0 atom stereocenters. The minimum absolute atomic E-state index is 0.103. The van der Waals surface area contributed by atoms with Gasteiger partial charge in [0, 0.05) is 6.42 Å². The van der Waals surface area contributed by atoms with Gasteiger partial charge in [-0.2, -0.15) is 8.78 Å². The van der Waals surface area contributed by atoms with Gasteiger partial charge in [-0.1, -0.05) is 0 Å². The van der Waals surface area contributed by atoms with Crippen LogP contribution in [0.1, 0.15) is 24.4 Å². The molecule has 0 aliphatic rings. The lowest BCUT2D eigenvalue weighted by molar-refractivity contribution is -0.136. The van der Waals surface area contributed by atoms with Crippen LogP contribution in [0, 0.1) is 0 Å². The molecule has 0 saturated heterocycles. The van der Waals surface area contributed by atoms with E-state index in [1.54, 1.807) is 0 Å². The van der Waals surface area contributed by atoms with E-state index in [0.29, 0.717) is 0 Å². The molecule has 13 heavy (non-hydrogen) atoms. The Morgan fingerprint density at radius 1 is 1.69 bits per heavy atom. The Labute approximate surface area is 72.2 Å². The Hall–Kier alpha value is -1.46. The van der Waals surface area contributed by atoms with E-state index in [4.69, 9.17) is 5.11 Å². The van der Waals surface area contributed by atoms with Crippen LogP contribution in [0.15, 0.2) is 10.7 Å². The molecule has 1 N–H and O–H groups in total. The number of oxazole rings is 1. The lowest BCUT2D eigenvalue weighted by Gasteiger charge is -1.89. The van der Waals surface area contributed by atoms with Crippen molar-refractivity contribution >= 4 is 5.97 Å². The summed E-state index contributed by atoms with van der Waals surface area (Å²) in [5.74, 6) is -1.66. The maximum Gasteiger partial charge on any atom is 0.313 e. The van der Waals surface area contributed by atoms with Crippen LogP contribution in [-0.2, 0) is 11.2 Å². The molecule has 1 rings (SSSR count). The number of hydrogen-bond acceptors (Lipinski definition) is 3. The van der Waals surface area contributed by atoms with Crippen LogP contribution in [0.3, 0.4) is 0 Å². The first-order chi connectivity index (χ1) is 6.09. The van der Waals surface area contributed by atoms with Gasteiger partial charge in [-0.25, -0.2) is 4.98 Å². The van der Waals surface area contributed by atoms with Crippen molar-refractivity contribution in [3.05, 3.63) is 17.8 Å². The molecule has 0 saturated carbocycles. The number of hydrogen-bond donors (Lipinski definition) is 1. The predicted octanol–water partition coefficient (Wildman–Crippen LogP) is 1.63. The number of carboxylic acid groups (broad SMARTS) is 1. The quantitative estimate of drug-likeness (QED) is 0.785. The lowest BCUT2D eigenvalue weighted by atomic mass is 10.2. The van der Waals surface area contributed by atoms with Gasteiger partial charge in [-0.15, -0.1) is 0 Å². The van der Waals surface area contributed by atoms with Crippen LogP contribution in [0.5, 0.6) is 0 Å². The van der Waals surface area contributed by atoms with Crippen LogP contribution in [-0.4, -0.2) is 16.1 Å². The molecule has 0 fully saturated rings. The molecule has 1 aromatic heterocycles. The number of aryl methyl sites for hydroxylation is 1. The van der Waals surface area contributed by atoms with Crippen molar-refractivity contribution in [3.8, 4) is 0 Å². The molecule has 6 heteroatoms. The summed E-state index contributed by atoms with van der Waals surface area (Å²) < 4.78 is 28.2. The third-order valence-electron chi connectivity index (χ3n) is 1.35. The van der Waals surface area contributed by atoms with Gasteiger partial charge in [0.25, 0.3) is 5.89 Å². The largest absolute Gasteiger partial charge is 0.481 e. The predicted molar refractivity (Wildman–Crippen MR) is 37.4 cm³/mol. The van der Waals surface area contributed by atoms with Gasteiger partial charge in [0.05, 0.1) is 12.1 Å². The fourth-order valence-corrected chi connectivity index (χ4v) is 0.773. The first kappa shape index (κ1) is 9.63. The van der Waals surface area contributed by atoms with Gasteiger partial charge in [0.1, 0.15) is 6.26 Å². The van der Waals surface area contributed by atoms with Crippen molar-refractivity contribution in [2.45, 2.75) is 19.3 Å². The van der Waals surface area contributed by atoms with Gasteiger partial charge < -0.3 is 9.52 Å². The average molecular weight is 191 g/mol. The standard InChI is InChI=1S/C7H7F2NO3/c8-6(9)7-10-4(3-13-7)1-2-5(11)12/h3,6H,1-2H2,(H,11,12). The van der Waals surface area contributed by atoms with E-state index in [2.05, 4.69) is 9.40 Å². The molecule has 0 unspecified atom stereocenters. The number of halogens is 2. The van der Waals surface area contributed by atoms with E-state index in [9.17, 15) is 13.6 Å². The number of carbonyl (C=O) groups is 1. The Morgan fingerprint density at radius 3 is 2.85 bits per heavy atom. The molecule has 0 aromatic carbocycles. The van der Waals surface area contributed by atoms with E-state index in [-0.39, 0.29) is 18.5 Å². The summed E-state index contributed by atoms with van der Waals surface area (Å²) in [4.78, 5) is 13.5. The molecule has 0 bridgehead atoms. The van der Waals surface area contributed by atoms with E-state index < -0.39 is 18.3 Å². The molecule has 72 valence electrons. The SMILES string of the molecule is O=C(O)CCc1coc(C(F)F)n1. The highest BCUT2D eigenvalue weighted by molar-refractivity contribution is 5.66. The summed E-state index contributed by atoms with van der Waals surface area (Å²) in [5.41, 5.74) is 0.234.